The van der Waals surface area contributed by atoms with Gasteiger partial charge < -0.3 is 20.9 Å². The molecule has 0 saturated carbocycles. The molecule has 8 nitrogen and oxygen atoms in total. The monoisotopic (exact) mass is 484 g/mol. The Labute approximate surface area is 200 Å². The van der Waals surface area contributed by atoms with E-state index in [1.165, 1.54) is 12.3 Å². The minimum Gasteiger partial charge on any atom is -0.369 e. The van der Waals surface area contributed by atoms with Gasteiger partial charge in [-0.05, 0) is 67.9 Å². The van der Waals surface area contributed by atoms with Gasteiger partial charge in [0.1, 0.15) is 9.84 Å². The lowest BCUT2D eigenvalue weighted by atomic mass is 9.89. The molecule has 182 valence electrons. The fourth-order valence-electron chi connectivity index (χ4n) is 5.14. The van der Waals surface area contributed by atoms with Gasteiger partial charge in [-0.1, -0.05) is 12.7 Å². The lowest BCUT2D eigenvalue weighted by molar-refractivity contribution is -0.117. The molecule has 1 aliphatic heterocycles. The smallest absolute Gasteiger partial charge is 0.250 e. The highest BCUT2D eigenvalue weighted by atomic mass is 32.2. The Morgan fingerprint density at radius 2 is 2.12 bits per heavy atom. The van der Waals surface area contributed by atoms with E-state index in [1.807, 2.05) is 6.07 Å². The summed E-state index contributed by atoms with van der Waals surface area (Å²) in [5, 5.41) is 3.91. The molecule has 1 fully saturated rings. The summed E-state index contributed by atoms with van der Waals surface area (Å²) in [7, 11) is -3.00. The molecule has 2 atom stereocenters. The molecule has 1 aromatic carbocycles. The van der Waals surface area contributed by atoms with Gasteiger partial charge in [0.2, 0.25) is 5.91 Å². The molecule has 9 heteroatoms. The summed E-state index contributed by atoms with van der Waals surface area (Å²) >= 11 is 0. The number of allylic oxidation sites excluding steroid dienone is 2. The van der Waals surface area contributed by atoms with Gasteiger partial charge in [-0.15, -0.1) is 0 Å². The van der Waals surface area contributed by atoms with E-state index in [-0.39, 0.29) is 23.6 Å². The molecule has 2 aliphatic rings. The van der Waals surface area contributed by atoms with Crippen LogP contribution in [0.1, 0.15) is 48.2 Å². The van der Waals surface area contributed by atoms with Gasteiger partial charge >= 0.3 is 0 Å². The number of aromatic nitrogens is 1. The standard InChI is InChI=1S/C25H32N4O4S/c1-3-23(30)27-18-5-4-12-29(14-18)22-11-10-19(25(26)31)24-20(22)13-21(28-24)17-8-6-16(7-9-17)15-34(2,32)33/h3,8,10-11,13,16,18,28H,1,4-7,9,12,14-15H2,2H3,(H2,26,31)(H,27,30)/t16?,18-/m1/s1. The van der Waals surface area contributed by atoms with Crippen molar-refractivity contribution in [2.45, 2.75) is 38.1 Å². The third-order valence-corrected chi connectivity index (χ3v) is 7.81. The Kier molecular flexibility index (Phi) is 6.84. The van der Waals surface area contributed by atoms with Gasteiger partial charge in [-0.3, -0.25) is 9.59 Å². The van der Waals surface area contributed by atoms with E-state index >= 15 is 0 Å². The molecule has 34 heavy (non-hydrogen) atoms. The van der Waals surface area contributed by atoms with E-state index in [4.69, 9.17) is 5.73 Å². The highest BCUT2D eigenvalue weighted by molar-refractivity contribution is 7.90. The molecular weight excluding hydrogens is 452 g/mol. The molecular formula is C25H32N4O4S. The number of hydrogen-bond donors (Lipinski definition) is 3. The second kappa shape index (κ2) is 9.66. The third-order valence-electron chi connectivity index (χ3n) is 6.73. The summed E-state index contributed by atoms with van der Waals surface area (Å²) in [5.41, 5.74) is 9.85. The number of nitrogens with zero attached hydrogens (tertiary/aromatic N) is 1. The van der Waals surface area contributed by atoms with Crippen LogP contribution in [0, 0.1) is 5.92 Å². The Hall–Kier alpha value is -3.07. The first-order valence-corrected chi connectivity index (χ1v) is 13.7. The number of carbonyl (C=O) groups is 2. The van der Waals surface area contributed by atoms with E-state index in [1.54, 1.807) is 6.07 Å². The second-order valence-electron chi connectivity index (χ2n) is 9.43. The zero-order chi connectivity index (χ0) is 24.5. The number of anilines is 1. The molecule has 4 rings (SSSR count). The van der Waals surface area contributed by atoms with Crippen LogP contribution < -0.4 is 16.0 Å². The average molecular weight is 485 g/mol. The Morgan fingerprint density at radius 3 is 2.76 bits per heavy atom. The number of benzene rings is 1. The first-order valence-electron chi connectivity index (χ1n) is 11.6. The molecule has 0 radical (unpaired) electrons. The van der Waals surface area contributed by atoms with Crippen LogP contribution >= 0.6 is 0 Å². The number of hydrogen-bond acceptors (Lipinski definition) is 5. The average Bonchev–Trinajstić information content (AvgIpc) is 3.23. The predicted molar refractivity (Wildman–Crippen MR) is 135 cm³/mol. The Bertz CT molecular complexity index is 1260. The molecule has 0 bridgehead atoms. The van der Waals surface area contributed by atoms with Crippen molar-refractivity contribution in [2.24, 2.45) is 11.7 Å². The van der Waals surface area contributed by atoms with Crippen LogP contribution in [0.5, 0.6) is 0 Å². The summed E-state index contributed by atoms with van der Waals surface area (Å²) < 4.78 is 23.3. The summed E-state index contributed by atoms with van der Waals surface area (Å²) in [5.74, 6) is -0.331. The molecule has 2 aromatic rings. The first-order chi connectivity index (χ1) is 16.1. The topological polar surface area (TPSA) is 125 Å². The van der Waals surface area contributed by atoms with Crippen molar-refractivity contribution in [1.29, 1.82) is 0 Å². The summed E-state index contributed by atoms with van der Waals surface area (Å²) in [6.07, 6.45) is 8.80. The van der Waals surface area contributed by atoms with Gasteiger partial charge in [0, 0.05) is 42.2 Å². The number of aromatic amines is 1. The summed E-state index contributed by atoms with van der Waals surface area (Å²) in [6.45, 7) is 5.05. The lowest BCUT2D eigenvalue weighted by Gasteiger charge is -2.35. The van der Waals surface area contributed by atoms with E-state index < -0.39 is 15.7 Å². The molecule has 2 heterocycles. The van der Waals surface area contributed by atoms with Crippen molar-refractivity contribution in [3.8, 4) is 0 Å². The van der Waals surface area contributed by atoms with E-state index in [0.29, 0.717) is 24.0 Å². The number of carbonyl (C=O) groups excluding carboxylic acids is 2. The molecule has 2 amide bonds. The molecule has 1 saturated heterocycles. The van der Waals surface area contributed by atoms with Crippen molar-refractivity contribution >= 4 is 43.8 Å². The lowest BCUT2D eigenvalue weighted by Crippen LogP contribution is -2.47. The fourth-order valence-corrected chi connectivity index (χ4v) is 6.30. The van der Waals surface area contributed by atoms with Crippen LogP contribution in [0.2, 0.25) is 0 Å². The number of nitrogens with one attached hydrogen (secondary N) is 2. The van der Waals surface area contributed by atoms with Crippen molar-refractivity contribution in [3.63, 3.8) is 0 Å². The van der Waals surface area contributed by atoms with Crippen molar-refractivity contribution in [1.82, 2.24) is 10.3 Å². The number of H-pyrrole nitrogens is 1. The molecule has 4 N–H and O–H groups in total. The van der Waals surface area contributed by atoms with Crippen LogP contribution in [-0.2, 0) is 14.6 Å². The summed E-state index contributed by atoms with van der Waals surface area (Å²) in [6, 6.07) is 5.76. The van der Waals surface area contributed by atoms with Gasteiger partial charge in [-0.25, -0.2) is 8.42 Å². The number of primary amides is 1. The number of nitrogens with two attached hydrogens (primary N) is 1. The van der Waals surface area contributed by atoms with E-state index in [0.717, 1.165) is 54.6 Å². The third kappa shape index (κ3) is 5.35. The van der Waals surface area contributed by atoms with Gasteiger partial charge in [0.25, 0.3) is 5.91 Å². The zero-order valence-electron chi connectivity index (χ0n) is 19.5. The number of piperidine rings is 1. The zero-order valence-corrected chi connectivity index (χ0v) is 20.3. The molecule has 0 spiro atoms. The van der Waals surface area contributed by atoms with Gasteiger partial charge in [0.05, 0.1) is 16.8 Å². The molecule has 1 aromatic heterocycles. The van der Waals surface area contributed by atoms with Crippen LogP contribution in [0.4, 0.5) is 5.69 Å². The molecule has 1 aliphatic carbocycles. The van der Waals surface area contributed by atoms with Crippen LogP contribution in [0.25, 0.3) is 16.5 Å². The van der Waals surface area contributed by atoms with Crippen LogP contribution in [0.15, 0.2) is 36.9 Å². The normalized spacial score (nSPS) is 21.2. The quantitative estimate of drug-likeness (QED) is 0.521. The van der Waals surface area contributed by atoms with Gasteiger partial charge in [-0.2, -0.15) is 0 Å². The fraction of sp³-hybridized carbons (Fsp3) is 0.440. The van der Waals surface area contributed by atoms with Crippen molar-refractivity contribution in [2.75, 3.05) is 30.0 Å². The minimum absolute atomic E-state index is 0.0244. The highest BCUT2D eigenvalue weighted by Crippen LogP contribution is 2.36. The Balaban J connectivity index is 1.65. The predicted octanol–water partition coefficient (Wildman–Crippen LogP) is 2.77. The number of sulfone groups is 1. The second-order valence-corrected chi connectivity index (χ2v) is 11.6. The Morgan fingerprint density at radius 1 is 1.32 bits per heavy atom. The number of amides is 2. The SMILES string of the molecule is C=CC(=O)N[C@@H]1CCCN(c2ccc(C(N)=O)c3[nH]c(C4=CCC(CS(C)(=O)=O)CC4)cc23)C1. The van der Waals surface area contributed by atoms with Crippen LogP contribution in [-0.4, -0.2) is 56.4 Å². The minimum atomic E-state index is -3.00. The molecule has 1 unspecified atom stereocenters. The highest BCUT2D eigenvalue weighted by Gasteiger charge is 2.25. The van der Waals surface area contributed by atoms with Gasteiger partial charge in [0.15, 0.2) is 0 Å². The largest absolute Gasteiger partial charge is 0.369 e. The maximum absolute atomic E-state index is 12.1. The maximum atomic E-state index is 12.1. The first kappa shape index (κ1) is 24.1. The maximum Gasteiger partial charge on any atom is 0.250 e. The van der Waals surface area contributed by atoms with Crippen molar-refractivity contribution in [3.05, 3.63) is 48.2 Å². The van der Waals surface area contributed by atoms with Crippen molar-refractivity contribution < 1.29 is 18.0 Å². The summed E-state index contributed by atoms with van der Waals surface area (Å²) in [4.78, 5) is 29.6. The van der Waals surface area contributed by atoms with E-state index in [9.17, 15) is 18.0 Å². The van der Waals surface area contributed by atoms with E-state index in [2.05, 4.69) is 33.9 Å². The van der Waals surface area contributed by atoms with Crippen LogP contribution in [0.3, 0.4) is 0 Å². The number of rotatable bonds is 7. The number of fused-ring (bicyclic) bond motifs is 1.